The molecule has 0 aromatic heterocycles. The third kappa shape index (κ3) is 3.78. The molecule has 2 rings (SSSR count). The van der Waals surface area contributed by atoms with Crippen molar-refractivity contribution in [3.05, 3.63) is 29.8 Å². The quantitative estimate of drug-likeness (QED) is 0.900. The summed E-state index contributed by atoms with van der Waals surface area (Å²) in [5, 5.41) is 3.04. The first kappa shape index (κ1) is 17.6. The number of hydrogen-bond donors (Lipinski definition) is 2. The normalized spacial score (nSPS) is 20.2. The van der Waals surface area contributed by atoms with Crippen LogP contribution in [0.2, 0.25) is 0 Å². The first-order valence-electron chi connectivity index (χ1n) is 8.13. The molecule has 0 radical (unpaired) electrons. The van der Waals surface area contributed by atoms with Crippen LogP contribution in [0.25, 0.3) is 0 Å². The van der Waals surface area contributed by atoms with Crippen molar-refractivity contribution in [1.29, 1.82) is 0 Å². The van der Waals surface area contributed by atoms with Crippen LogP contribution in [0, 0.1) is 0 Å². The summed E-state index contributed by atoms with van der Waals surface area (Å²) in [6.07, 6.45) is 1.61. The van der Waals surface area contributed by atoms with Crippen molar-refractivity contribution in [3.63, 3.8) is 0 Å². The van der Waals surface area contributed by atoms with Gasteiger partial charge in [0.2, 0.25) is 0 Å². The van der Waals surface area contributed by atoms with E-state index < -0.39 is 0 Å². The summed E-state index contributed by atoms with van der Waals surface area (Å²) in [5.41, 5.74) is 6.60. The Morgan fingerprint density at radius 1 is 1.26 bits per heavy atom. The molecule has 0 atom stereocenters. The number of nitrogens with zero attached hydrogens (tertiary/aromatic N) is 1. The predicted molar refractivity (Wildman–Crippen MR) is 92.4 cm³/mol. The van der Waals surface area contributed by atoms with Gasteiger partial charge in [0.05, 0.1) is 7.11 Å². The highest BCUT2D eigenvalue weighted by atomic mass is 16.5. The van der Waals surface area contributed by atoms with Crippen LogP contribution >= 0.6 is 0 Å². The van der Waals surface area contributed by atoms with Gasteiger partial charge in [-0.05, 0) is 46.6 Å². The van der Waals surface area contributed by atoms with Gasteiger partial charge in [-0.15, -0.1) is 0 Å². The molecule has 5 nitrogen and oxygen atoms in total. The average molecular weight is 319 g/mol. The molecule has 1 aliphatic rings. The first-order valence-corrected chi connectivity index (χ1v) is 8.13. The van der Waals surface area contributed by atoms with E-state index >= 15 is 0 Å². The van der Waals surface area contributed by atoms with Crippen LogP contribution in [0.3, 0.4) is 0 Å². The third-order valence-electron chi connectivity index (χ3n) is 4.56. The predicted octanol–water partition coefficient (Wildman–Crippen LogP) is 2.89. The molecule has 1 saturated heterocycles. The van der Waals surface area contributed by atoms with E-state index in [9.17, 15) is 4.79 Å². The van der Waals surface area contributed by atoms with Gasteiger partial charge in [-0.2, -0.15) is 0 Å². The van der Waals surface area contributed by atoms with E-state index in [2.05, 4.69) is 33.0 Å². The molecular formula is C18H29N3O2. The van der Waals surface area contributed by atoms with Crippen molar-refractivity contribution in [2.45, 2.75) is 64.2 Å². The molecule has 1 aliphatic heterocycles. The van der Waals surface area contributed by atoms with Gasteiger partial charge in [-0.3, -0.25) is 0 Å². The number of likely N-dealkylation sites (tertiary alicyclic amines) is 1. The van der Waals surface area contributed by atoms with E-state index in [0.29, 0.717) is 6.54 Å². The van der Waals surface area contributed by atoms with Gasteiger partial charge in [0, 0.05) is 29.2 Å². The number of hydrogen-bond acceptors (Lipinski definition) is 3. The van der Waals surface area contributed by atoms with Crippen LogP contribution in [0.1, 0.15) is 46.1 Å². The van der Waals surface area contributed by atoms with Gasteiger partial charge in [0.1, 0.15) is 5.75 Å². The number of urea groups is 1. The van der Waals surface area contributed by atoms with Crippen LogP contribution < -0.4 is 15.8 Å². The van der Waals surface area contributed by atoms with Gasteiger partial charge < -0.3 is 20.7 Å². The Hall–Kier alpha value is -1.75. The summed E-state index contributed by atoms with van der Waals surface area (Å²) in [4.78, 5) is 14.8. The van der Waals surface area contributed by atoms with Crippen molar-refractivity contribution >= 4 is 6.03 Å². The van der Waals surface area contributed by atoms with E-state index in [4.69, 9.17) is 10.5 Å². The van der Waals surface area contributed by atoms with Crippen molar-refractivity contribution in [1.82, 2.24) is 10.2 Å². The van der Waals surface area contributed by atoms with Crippen molar-refractivity contribution < 1.29 is 9.53 Å². The summed E-state index contributed by atoms with van der Waals surface area (Å²) in [6, 6.07) is 7.79. The summed E-state index contributed by atoms with van der Waals surface area (Å²) < 4.78 is 5.34. The lowest BCUT2D eigenvalue weighted by atomic mass is 9.77. The maximum absolute atomic E-state index is 12.8. The molecule has 2 amide bonds. The Kier molecular flexibility index (Phi) is 4.90. The van der Waals surface area contributed by atoms with Crippen molar-refractivity contribution in [2.75, 3.05) is 7.11 Å². The molecule has 0 unspecified atom stereocenters. The van der Waals surface area contributed by atoms with Crippen LogP contribution in [0.5, 0.6) is 5.75 Å². The first-order chi connectivity index (χ1) is 10.7. The number of amides is 2. The molecule has 0 bridgehead atoms. The second kappa shape index (κ2) is 6.40. The van der Waals surface area contributed by atoms with Crippen molar-refractivity contribution in [2.24, 2.45) is 5.73 Å². The molecule has 23 heavy (non-hydrogen) atoms. The van der Waals surface area contributed by atoms with E-state index in [-0.39, 0.29) is 23.2 Å². The Morgan fingerprint density at radius 2 is 1.83 bits per heavy atom. The standard InChI is InChI=1S/C18H29N3O2/c1-17(2)10-14(19)11-18(3,4)21(17)16(22)20-12-13-8-6-7-9-15(13)23-5/h6-9,14H,10-12,19H2,1-5H3,(H,20,22). The number of piperidine rings is 1. The molecule has 128 valence electrons. The van der Waals surface area contributed by atoms with E-state index in [1.165, 1.54) is 0 Å². The minimum Gasteiger partial charge on any atom is -0.496 e. The molecule has 0 saturated carbocycles. The number of nitrogens with two attached hydrogens (primary N) is 1. The Morgan fingerprint density at radius 3 is 2.39 bits per heavy atom. The molecular weight excluding hydrogens is 290 g/mol. The fourth-order valence-electron chi connectivity index (χ4n) is 4.01. The number of benzene rings is 1. The number of ether oxygens (including phenoxy) is 1. The lowest BCUT2D eigenvalue weighted by Gasteiger charge is -2.54. The van der Waals surface area contributed by atoms with Crippen LogP contribution in [0.4, 0.5) is 4.79 Å². The van der Waals surface area contributed by atoms with Gasteiger partial charge >= 0.3 is 6.03 Å². The summed E-state index contributed by atoms with van der Waals surface area (Å²) in [7, 11) is 1.64. The maximum atomic E-state index is 12.8. The number of methoxy groups -OCH3 is 1. The summed E-state index contributed by atoms with van der Waals surface area (Å²) in [6.45, 7) is 8.76. The highest BCUT2D eigenvalue weighted by molar-refractivity contribution is 5.76. The number of carbonyl (C=O) groups is 1. The molecule has 0 spiro atoms. The Bertz CT molecular complexity index is 551. The van der Waals surface area contributed by atoms with Crippen LogP contribution in [-0.4, -0.2) is 35.2 Å². The van der Waals surface area contributed by atoms with Crippen LogP contribution in [0.15, 0.2) is 24.3 Å². The highest BCUT2D eigenvalue weighted by Crippen LogP contribution is 2.37. The fraction of sp³-hybridized carbons (Fsp3) is 0.611. The second-order valence-corrected chi connectivity index (χ2v) is 7.60. The minimum atomic E-state index is -0.272. The fourth-order valence-corrected chi connectivity index (χ4v) is 4.01. The zero-order valence-corrected chi connectivity index (χ0v) is 14.8. The number of para-hydroxylation sites is 1. The van der Waals surface area contributed by atoms with Crippen molar-refractivity contribution in [3.8, 4) is 5.75 Å². The van der Waals surface area contributed by atoms with Gasteiger partial charge in [0.25, 0.3) is 0 Å². The lowest BCUT2D eigenvalue weighted by Crippen LogP contribution is -2.66. The van der Waals surface area contributed by atoms with E-state index in [0.717, 1.165) is 24.2 Å². The maximum Gasteiger partial charge on any atom is 0.318 e. The summed E-state index contributed by atoms with van der Waals surface area (Å²) >= 11 is 0. The second-order valence-electron chi connectivity index (χ2n) is 7.60. The molecule has 0 aliphatic carbocycles. The van der Waals surface area contributed by atoms with E-state index in [1.54, 1.807) is 7.11 Å². The largest absolute Gasteiger partial charge is 0.496 e. The van der Waals surface area contributed by atoms with Crippen LogP contribution in [-0.2, 0) is 6.54 Å². The van der Waals surface area contributed by atoms with Gasteiger partial charge in [-0.1, -0.05) is 18.2 Å². The molecule has 3 N–H and O–H groups in total. The third-order valence-corrected chi connectivity index (χ3v) is 4.56. The number of carbonyl (C=O) groups excluding carboxylic acids is 1. The average Bonchev–Trinajstić information content (AvgIpc) is 2.42. The summed E-state index contributed by atoms with van der Waals surface area (Å²) in [5.74, 6) is 0.784. The smallest absolute Gasteiger partial charge is 0.318 e. The van der Waals surface area contributed by atoms with E-state index in [1.807, 2.05) is 29.2 Å². The molecule has 1 aromatic carbocycles. The van der Waals surface area contributed by atoms with Gasteiger partial charge in [0.15, 0.2) is 0 Å². The SMILES string of the molecule is COc1ccccc1CNC(=O)N1C(C)(C)CC(N)CC1(C)C. The minimum absolute atomic E-state index is 0.0576. The zero-order valence-electron chi connectivity index (χ0n) is 14.8. The number of nitrogens with one attached hydrogen (secondary N) is 1. The topological polar surface area (TPSA) is 67.6 Å². The molecule has 5 heteroatoms. The Balaban J connectivity index is 2.13. The molecule has 1 heterocycles. The molecule has 1 aromatic rings. The zero-order chi connectivity index (χ0) is 17.3. The number of rotatable bonds is 3. The Labute approximate surface area is 139 Å². The highest BCUT2D eigenvalue weighted by Gasteiger charge is 2.46. The monoisotopic (exact) mass is 319 g/mol. The molecule has 1 fully saturated rings. The lowest BCUT2D eigenvalue weighted by molar-refractivity contribution is 0.00298. The van der Waals surface area contributed by atoms with Gasteiger partial charge in [-0.25, -0.2) is 4.79 Å².